The number of nitrogens with zero attached hydrogens (tertiary/aromatic N) is 1. The minimum Gasteiger partial charge on any atom is -0.278 e. The van der Waals surface area contributed by atoms with Crippen molar-refractivity contribution in [3.05, 3.63) is 47.0 Å². The lowest BCUT2D eigenvalue weighted by molar-refractivity contribution is -0.141. The van der Waals surface area contributed by atoms with E-state index in [9.17, 15) is 9.59 Å². The van der Waals surface area contributed by atoms with Crippen LogP contribution in [0.15, 0.2) is 36.4 Å². The van der Waals surface area contributed by atoms with Crippen LogP contribution < -0.4 is 0 Å². The highest BCUT2D eigenvalue weighted by Gasteiger charge is 2.73. The number of fused-ring (bicyclic) bond motifs is 3. The number of amides is 2. The lowest BCUT2D eigenvalue weighted by Crippen LogP contribution is -2.34. The van der Waals surface area contributed by atoms with Crippen molar-refractivity contribution in [3.63, 3.8) is 0 Å². The van der Waals surface area contributed by atoms with Crippen LogP contribution in [0.3, 0.4) is 0 Å². The molecule has 0 aromatic heterocycles. The molecule has 0 radical (unpaired) electrons. The highest BCUT2D eigenvalue weighted by Crippen LogP contribution is 2.73. The Morgan fingerprint density at radius 1 is 1.05 bits per heavy atom. The molecule has 2 amide bonds. The molecule has 3 nitrogen and oxygen atoms in total. The van der Waals surface area contributed by atoms with Crippen LogP contribution in [0.25, 0.3) is 0 Å². The fourth-order valence-corrected chi connectivity index (χ4v) is 5.29. The number of rotatable bonds is 2. The summed E-state index contributed by atoms with van der Waals surface area (Å²) in [7, 11) is 0. The molecule has 4 heteroatoms. The number of hydrogen-bond donors (Lipinski definition) is 0. The predicted molar refractivity (Wildman–Crippen MR) is 81.8 cm³/mol. The minimum atomic E-state index is -0.118. The lowest BCUT2D eigenvalue weighted by atomic mass is 9.85. The lowest BCUT2D eigenvalue weighted by Gasteiger charge is -2.22. The van der Waals surface area contributed by atoms with Gasteiger partial charge in [-0.05, 0) is 41.7 Å². The fourth-order valence-electron chi connectivity index (χ4n) is 5.09. The molecule has 4 atom stereocenters. The van der Waals surface area contributed by atoms with Crippen LogP contribution >= 0.6 is 11.6 Å². The summed E-state index contributed by atoms with van der Waals surface area (Å²) >= 11 is 6.18. The quantitative estimate of drug-likeness (QED) is 0.621. The van der Waals surface area contributed by atoms with Crippen molar-refractivity contribution in [3.8, 4) is 0 Å². The van der Waals surface area contributed by atoms with E-state index in [-0.39, 0.29) is 40.9 Å². The molecule has 1 heterocycles. The van der Waals surface area contributed by atoms with Crippen molar-refractivity contribution in [1.82, 2.24) is 4.90 Å². The van der Waals surface area contributed by atoms with E-state index in [1.807, 2.05) is 18.2 Å². The van der Waals surface area contributed by atoms with E-state index >= 15 is 0 Å². The fraction of sp³-hybridized carbons (Fsp3) is 0.444. The van der Waals surface area contributed by atoms with E-state index in [1.54, 1.807) is 6.07 Å². The normalized spacial score (nSPS) is 36.5. The van der Waals surface area contributed by atoms with Gasteiger partial charge in [-0.15, -0.1) is 0 Å². The zero-order chi connectivity index (χ0) is 15.1. The monoisotopic (exact) mass is 313 g/mol. The van der Waals surface area contributed by atoms with Crippen LogP contribution in [0, 0.1) is 29.1 Å². The molecule has 3 fully saturated rings. The van der Waals surface area contributed by atoms with Gasteiger partial charge in [0.2, 0.25) is 11.8 Å². The van der Waals surface area contributed by atoms with Crippen LogP contribution in [-0.4, -0.2) is 16.7 Å². The highest BCUT2D eigenvalue weighted by atomic mass is 35.5. The Morgan fingerprint density at radius 2 is 1.64 bits per heavy atom. The molecule has 112 valence electrons. The zero-order valence-corrected chi connectivity index (χ0v) is 12.8. The van der Waals surface area contributed by atoms with Gasteiger partial charge in [-0.25, -0.2) is 0 Å². The summed E-state index contributed by atoms with van der Waals surface area (Å²) in [5, 5.41) is 0.611. The first-order valence-corrected chi connectivity index (χ1v) is 8.28. The van der Waals surface area contributed by atoms with Crippen LogP contribution in [0.4, 0.5) is 0 Å². The molecule has 2 saturated carbocycles. The Bertz CT molecular complexity index is 702. The first kappa shape index (κ1) is 12.9. The summed E-state index contributed by atoms with van der Waals surface area (Å²) in [4.78, 5) is 27.1. The molecule has 1 spiro atoms. The molecule has 0 unspecified atom stereocenters. The molecular weight excluding hydrogens is 298 g/mol. The zero-order valence-electron chi connectivity index (χ0n) is 12.0. The topological polar surface area (TPSA) is 37.4 Å². The third kappa shape index (κ3) is 1.38. The molecule has 22 heavy (non-hydrogen) atoms. The first-order valence-electron chi connectivity index (χ1n) is 7.90. The third-order valence-corrected chi connectivity index (χ3v) is 6.60. The smallest absolute Gasteiger partial charge is 0.234 e. The first-order chi connectivity index (χ1) is 10.6. The SMILES string of the molecule is O=C1[C@@H]2[C@@H](C(=O)N1Cc1ccccc1Cl)[C@H]1C=C[C@H]2C12CC2. The number of carbonyl (C=O) groups excluding carboxylic acids is 2. The molecule has 2 bridgehead atoms. The van der Waals surface area contributed by atoms with E-state index in [0.29, 0.717) is 11.6 Å². The Hall–Kier alpha value is -1.61. The van der Waals surface area contributed by atoms with E-state index in [2.05, 4.69) is 12.2 Å². The minimum absolute atomic E-state index is 0.0121. The van der Waals surface area contributed by atoms with Gasteiger partial charge in [0.25, 0.3) is 0 Å². The van der Waals surface area contributed by atoms with Gasteiger partial charge in [-0.2, -0.15) is 0 Å². The van der Waals surface area contributed by atoms with Crippen molar-refractivity contribution in [1.29, 1.82) is 0 Å². The van der Waals surface area contributed by atoms with Crippen LogP contribution in [0.1, 0.15) is 18.4 Å². The molecule has 4 aliphatic rings. The number of allylic oxidation sites excluding steroid dienone is 2. The average Bonchev–Trinajstić information content (AvgIpc) is 3.12. The summed E-state index contributed by atoms with van der Waals surface area (Å²) in [6.45, 7) is 0.302. The number of imide groups is 1. The maximum absolute atomic E-state index is 12.8. The highest BCUT2D eigenvalue weighted by molar-refractivity contribution is 6.31. The van der Waals surface area contributed by atoms with Crippen LogP contribution in [0.2, 0.25) is 5.02 Å². The summed E-state index contributed by atoms with van der Waals surface area (Å²) in [6, 6.07) is 7.42. The molecule has 5 rings (SSSR count). The van der Waals surface area contributed by atoms with Gasteiger partial charge in [0.05, 0.1) is 18.4 Å². The van der Waals surface area contributed by atoms with Crippen LogP contribution in [-0.2, 0) is 16.1 Å². The standard InChI is InChI=1S/C18H16ClNO2/c19-13-4-2-1-3-10(13)9-20-16(21)14-11-5-6-12(15(14)17(20)22)18(11)7-8-18/h1-6,11-12,14-15H,7-9H2/t11-,12-,14+,15+/m1/s1. The van der Waals surface area contributed by atoms with Crippen molar-refractivity contribution in [2.45, 2.75) is 19.4 Å². The second kappa shape index (κ2) is 4.02. The van der Waals surface area contributed by atoms with Crippen LogP contribution in [0.5, 0.6) is 0 Å². The Balaban J connectivity index is 1.48. The Morgan fingerprint density at radius 3 is 2.18 bits per heavy atom. The number of carbonyl (C=O) groups is 2. The maximum atomic E-state index is 12.8. The van der Waals surface area contributed by atoms with Gasteiger partial charge in [-0.3, -0.25) is 14.5 Å². The van der Waals surface area contributed by atoms with Crippen molar-refractivity contribution in [2.75, 3.05) is 0 Å². The summed E-state index contributed by atoms with van der Waals surface area (Å²) < 4.78 is 0. The van der Waals surface area contributed by atoms with Gasteiger partial charge >= 0.3 is 0 Å². The predicted octanol–water partition coefficient (Wildman–Crippen LogP) is 3.04. The van der Waals surface area contributed by atoms with Crippen molar-refractivity contribution < 1.29 is 9.59 Å². The van der Waals surface area contributed by atoms with Gasteiger partial charge in [0.15, 0.2) is 0 Å². The summed E-state index contributed by atoms with van der Waals surface area (Å²) in [5.41, 5.74) is 1.10. The van der Waals surface area contributed by atoms with Crippen molar-refractivity contribution >= 4 is 23.4 Å². The number of hydrogen-bond acceptors (Lipinski definition) is 2. The average molecular weight is 314 g/mol. The largest absolute Gasteiger partial charge is 0.278 e. The molecule has 1 saturated heterocycles. The van der Waals surface area contributed by atoms with E-state index in [1.165, 1.54) is 17.7 Å². The number of likely N-dealkylation sites (tertiary alicyclic amines) is 1. The van der Waals surface area contributed by atoms with E-state index < -0.39 is 0 Å². The molecule has 1 aliphatic heterocycles. The molecule has 0 N–H and O–H groups in total. The Kier molecular flexibility index (Phi) is 2.35. The van der Waals surface area contributed by atoms with Gasteiger partial charge < -0.3 is 0 Å². The molecule has 3 aliphatic carbocycles. The second-order valence-corrected chi connectivity index (χ2v) is 7.48. The van der Waals surface area contributed by atoms with Gasteiger partial charge in [0.1, 0.15) is 0 Å². The molecule has 1 aromatic carbocycles. The second-order valence-electron chi connectivity index (χ2n) is 7.08. The summed E-state index contributed by atoms with van der Waals surface area (Å²) in [6.07, 6.45) is 6.74. The van der Waals surface area contributed by atoms with E-state index in [0.717, 1.165) is 5.56 Å². The van der Waals surface area contributed by atoms with Gasteiger partial charge in [-0.1, -0.05) is 42.0 Å². The van der Waals surface area contributed by atoms with E-state index in [4.69, 9.17) is 11.6 Å². The number of halogens is 1. The maximum Gasteiger partial charge on any atom is 0.234 e. The third-order valence-electron chi connectivity index (χ3n) is 6.23. The molecule has 1 aromatic rings. The Labute approximate surface area is 133 Å². The van der Waals surface area contributed by atoms with Crippen molar-refractivity contribution in [2.24, 2.45) is 29.1 Å². The summed E-state index contributed by atoms with van der Waals surface area (Å²) in [5.74, 6) is 0.362. The number of benzene rings is 1. The van der Waals surface area contributed by atoms with Gasteiger partial charge in [0, 0.05) is 5.02 Å². The molecular formula is C18H16ClNO2.